The van der Waals surface area contributed by atoms with Crippen LogP contribution in [0.15, 0.2) is 73.1 Å². The fourth-order valence-corrected chi connectivity index (χ4v) is 2.82. The minimum absolute atomic E-state index is 0.0476. The Morgan fingerprint density at radius 3 is 2.29 bits per heavy atom. The Balaban J connectivity index is 1.86. The Bertz CT molecular complexity index is 794. The van der Waals surface area contributed by atoms with Gasteiger partial charge in [0.1, 0.15) is 12.4 Å². The van der Waals surface area contributed by atoms with E-state index in [-0.39, 0.29) is 18.5 Å². The van der Waals surface area contributed by atoms with Gasteiger partial charge in [0, 0.05) is 29.7 Å². The maximum Gasteiger partial charge on any atom is 0.247 e. The number of rotatable bonds is 5. The minimum atomic E-state index is 0.0476. The lowest BCUT2D eigenvalue weighted by Crippen LogP contribution is -2.39. The lowest BCUT2D eigenvalue weighted by atomic mass is 10.2. The van der Waals surface area contributed by atoms with E-state index < -0.39 is 0 Å². The van der Waals surface area contributed by atoms with E-state index in [0.29, 0.717) is 0 Å². The third-order valence-electron chi connectivity index (χ3n) is 3.87. The van der Waals surface area contributed by atoms with E-state index in [1.807, 2.05) is 90.2 Å². The van der Waals surface area contributed by atoms with Crippen LogP contribution in [0.3, 0.4) is 0 Å². The number of anilines is 1. The zero-order valence-corrected chi connectivity index (χ0v) is 14.0. The van der Waals surface area contributed by atoms with Gasteiger partial charge in [0.05, 0.1) is 0 Å². The molecule has 3 aromatic rings. The molecule has 0 radical (unpaired) electrons. The molecule has 122 valence electrons. The van der Waals surface area contributed by atoms with Crippen molar-refractivity contribution >= 4 is 11.6 Å². The van der Waals surface area contributed by atoms with Gasteiger partial charge >= 0.3 is 0 Å². The van der Waals surface area contributed by atoms with E-state index in [1.54, 1.807) is 6.20 Å². The molecule has 0 spiro atoms. The summed E-state index contributed by atoms with van der Waals surface area (Å²) in [6.07, 6.45) is 3.58. The van der Waals surface area contributed by atoms with Gasteiger partial charge < -0.3 is 9.47 Å². The van der Waals surface area contributed by atoms with Gasteiger partial charge in [0.15, 0.2) is 0 Å². The Kier molecular flexibility index (Phi) is 4.75. The van der Waals surface area contributed by atoms with Crippen molar-refractivity contribution in [3.05, 3.63) is 73.1 Å². The summed E-state index contributed by atoms with van der Waals surface area (Å²) in [4.78, 5) is 19.2. The van der Waals surface area contributed by atoms with E-state index in [1.165, 1.54) is 0 Å². The number of aromatic nitrogens is 2. The van der Waals surface area contributed by atoms with Crippen LogP contribution >= 0.6 is 0 Å². The van der Waals surface area contributed by atoms with Gasteiger partial charge in [0.2, 0.25) is 5.91 Å². The molecule has 0 N–H and O–H groups in total. The summed E-state index contributed by atoms with van der Waals surface area (Å²) in [6.45, 7) is 4.31. The van der Waals surface area contributed by atoms with Crippen LogP contribution in [0.4, 0.5) is 5.69 Å². The Hall–Kier alpha value is -2.88. The third kappa shape index (κ3) is 3.38. The number of para-hydroxylation sites is 1. The molecular formula is C20H21N3O. The van der Waals surface area contributed by atoms with Crippen molar-refractivity contribution in [2.24, 2.45) is 0 Å². The van der Waals surface area contributed by atoms with Gasteiger partial charge in [-0.3, -0.25) is 4.79 Å². The first kappa shape index (κ1) is 16.0. The van der Waals surface area contributed by atoms with Crippen molar-refractivity contribution in [1.29, 1.82) is 0 Å². The second-order valence-electron chi connectivity index (χ2n) is 5.94. The van der Waals surface area contributed by atoms with Gasteiger partial charge in [-0.25, -0.2) is 4.98 Å². The Labute approximate surface area is 142 Å². The Morgan fingerprint density at radius 2 is 1.67 bits per heavy atom. The molecule has 4 heteroatoms. The average Bonchev–Trinajstić information content (AvgIpc) is 3.04. The van der Waals surface area contributed by atoms with Crippen LogP contribution in [-0.4, -0.2) is 21.5 Å². The molecule has 0 atom stereocenters. The SMILES string of the molecule is CC(C)N(C(=O)Cn1ccnc1-c1ccccc1)c1ccccc1. The zero-order valence-electron chi connectivity index (χ0n) is 14.0. The fourth-order valence-electron chi connectivity index (χ4n) is 2.82. The summed E-state index contributed by atoms with van der Waals surface area (Å²) in [5, 5.41) is 0. The number of hydrogen-bond donors (Lipinski definition) is 0. The maximum atomic E-state index is 12.9. The van der Waals surface area contributed by atoms with Crippen LogP contribution < -0.4 is 4.90 Å². The van der Waals surface area contributed by atoms with Gasteiger partial charge in [-0.1, -0.05) is 48.5 Å². The molecule has 3 rings (SSSR count). The second kappa shape index (κ2) is 7.13. The van der Waals surface area contributed by atoms with Crippen LogP contribution in [-0.2, 0) is 11.3 Å². The van der Waals surface area contributed by atoms with Crippen LogP contribution in [0, 0.1) is 0 Å². The highest BCUT2D eigenvalue weighted by molar-refractivity contribution is 5.93. The summed E-state index contributed by atoms with van der Waals surface area (Å²) >= 11 is 0. The predicted octanol–water partition coefficient (Wildman–Crippen LogP) is 3.99. The van der Waals surface area contributed by atoms with Crippen molar-refractivity contribution in [1.82, 2.24) is 9.55 Å². The highest BCUT2D eigenvalue weighted by atomic mass is 16.2. The molecule has 0 aliphatic rings. The molecule has 1 amide bonds. The Morgan fingerprint density at radius 1 is 1.04 bits per heavy atom. The number of hydrogen-bond acceptors (Lipinski definition) is 2. The van der Waals surface area contributed by atoms with Crippen molar-refractivity contribution in [2.45, 2.75) is 26.4 Å². The molecule has 0 aliphatic heterocycles. The summed E-state index contributed by atoms with van der Waals surface area (Å²) in [5.41, 5.74) is 1.92. The highest BCUT2D eigenvalue weighted by Gasteiger charge is 2.20. The molecule has 0 unspecified atom stereocenters. The zero-order chi connectivity index (χ0) is 16.9. The number of nitrogens with zero attached hydrogens (tertiary/aromatic N) is 3. The minimum Gasteiger partial charge on any atom is -0.322 e. The first-order chi connectivity index (χ1) is 11.7. The largest absolute Gasteiger partial charge is 0.322 e. The molecule has 1 aromatic heterocycles. The average molecular weight is 319 g/mol. The quantitative estimate of drug-likeness (QED) is 0.713. The summed E-state index contributed by atoms with van der Waals surface area (Å²) < 4.78 is 1.90. The first-order valence-corrected chi connectivity index (χ1v) is 8.10. The smallest absolute Gasteiger partial charge is 0.247 e. The lowest BCUT2D eigenvalue weighted by molar-refractivity contribution is -0.119. The molecule has 0 bridgehead atoms. The second-order valence-corrected chi connectivity index (χ2v) is 5.94. The number of imidazole rings is 1. The third-order valence-corrected chi connectivity index (χ3v) is 3.87. The molecular weight excluding hydrogens is 298 g/mol. The molecule has 4 nitrogen and oxygen atoms in total. The number of benzene rings is 2. The fraction of sp³-hybridized carbons (Fsp3) is 0.200. The lowest BCUT2D eigenvalue weighted by Gasteiger charge is -2.27. The van der Waals surface area contributed by atoms with Crippen LogP contribution in [0.5, 0.6) is 0 Å². The van der Waals surface area contributed by atoms with E-state index in [9.17, 15) is 4.79 Å². The number of carbonyl (C=O) groups excluding carboxylic acids is 1. The van der Waals surface area contributed by atoms with E-state index in [2.05, 4.69) is 4.98 Å². The molecule has 0 saturated heterocycles. The molecule has 2 aromatic carbocycles. The number of amides is 1. The standard InChI is InChI=1S/C20H21N3O/c1-16(2)23(18-11-7-4-8-12-18)19(24)15-22-14-13-21-20(22)17-9-5-3-6-10-17/h3-14,16H,15H2,1-2H3. The molecule has 0 aliphatic carbocycles. The summed E-state index contributed by atoms with van der Waals surface area (Å²) in [7, 11) is 0. The van der Waals surface area contributed by atoms with E-state index in [0.717, 1.165) is 17.1 Å². The highest BCUT2D eigenvalue weighted by Crippen LogP contribution is 2.20. The predicted molar refractivity (Wildman–Crippen MR) is 96.7 cm³/mol. The van der Waals surface area contributed by atoms with Crippen LogP contribution in [0.1, 0.15) is 13.8 Å². The topological polar surface area (TPSA) is 38.1 Å². The van der Waals surface area contributed by atoms with Gasteiger partial charge in [0.25, 0.3) is 0 Å². The summed E-state index contributed by atoms with van der Waals surface area (Å²) in [5.74, 6) is 0.854. The van der Waals surface area contributed by atoms with Crippen LogP contribution in [0.25, 0.3) is 11.4 Å². The van der Waals surface area contributed by atoms with Crippen molar-refractivity contribution < 1.29 is 4.79 Å². The van der Waals surface area contributed by atoms with Gasteiger partial charge in [-0.15, -0.1) is 0 Å². The first-order valence-electron chi connectivity index (χ1n) is 8.10. The van der Waals surface area contributed by atoms with Gasteiger partial charge in [-0.2, -0.15) is 0 Å². The van der Waals surface area contributed by atoms with Crippen molar-refractivity contribution in [2.75, 3.05) is 4.90 Å². The maximum absolute atomic E-state index is 12.9. The van der Waals surface area contributed by atoms with Crippen molar-refractivity contribution in [3.8, 4) is 11.4 Å². The molecule has 0 saturated carbocycles. The van der Waals surface area contributed by atoms with E-state index >= 15 is 0 Å². The molecule has 0 fully saturated rings. The van der Waals surface area contributed by atoms with Crippen LogP contribution in [0.2, 0.25) is 0 Å². The molecule has 1 heterocycles. The van der Waals surface area contributed by atoms with E-state index in [4.69, 9.17) is 0 Å². The normalized spacial score (nSPS) is 10.8. The van der Waals surface area contributed by atoms with Gasteiger partial charge in [-0.05, 0) is 26.0 Å². The number of carbonyl (C=O) groups is 1. The van der Waals surface area contributed by atoms with Crippen molar-refractivity contribution in [3.63, 3.8) is 0 Å². The molecule has 24 heavy (non-hydrogen) atoms. The summed E-state index contributed by atoms with van der Waals surface area (Å²) in [6, 6.07) is 19.8. The monoisotopic (exact) mass is 319 g/mol.